The Hall–Kier alpha value is -0.990. The molecular formula is C8H12O3. The van der Waals surface area contributed by atoms with Crippen LogP contribution in [0.25, 0.3) is 0 Å². The minimum atomic E-state index is -0.359. The van der Waals surface area contributed by atoms with Crippen molar-refractivity contribution in [2.45, 2.75) is 19.8 Å². The fourth-order valence-electron chi connectivity index (χ4n) is 1.07. The van der Waals surface area contributed by atoms with Crippen LogP contribution < -0.4 is 0 Å². The molecule has 0 spiro atoms. The Morgan fingerprint density at radius 3 is 2.91 bits per heavy atom. The Bertz CT molecular complexity index is 194. The lowest BCUT2D eigenvalue weighted by molar-refractivity contribution is -0.140. The largest absolute Gasteiger partial charge is 0.487 e. The first-order valence-corrected chi connectivity index (χ1v) is 3.66. The molecule has 0 N–H and O–H groups in total. The third-order valence-corrected chi connectivity index (χ3v) is 1.70. The first-order valence-electron chi connectivity index (χ1n) is 3.66. The molecule has 0 fully saturated rings. The molecule has 3 heteroatoms. The first-order chi connectivity index (χ1) is 5.25. The number of esters is 1. The number of carbonyl (C=O) groups excluding carboxylic acids is 1. The normalized spacial score (nSPS) is 17.6. The summed E-state index contributed by atoms with van der Waals surface area (Å²) in [5.74, 6) is 0.0425. The van der Waals surface area contributed by atoms with Crippen LogP contribution in [0.5, 0.6) is 0 Å². The number of allylic oxidation sites excluding steroid dienone is 1. The summed E-state index contributed by atoms with van der Waals surface area (Å²) in [6.45, 7) is 2.52. The lowest BCUT2D eigenvalue weighted by atomic mass is 10.1. The molecular weight excluding hydrogens is 144 g/mol. The molecule has 0 unspecified atom stereocenters. The van der Waals surface area contributed by atoms with Crippen molar-refractivity contribution in [2.24, 2.45) is 0 Å². The maximum atomic E-state index is 11.0. The molecule has 1 heterocycles. The van der Waals surface area contributed by atoms with E-state index in [4.69, 9.17) is 4.74 Å². The van der Waals surface area contributed by atoms with Crippen molar-refractivity contribution in [1.82, 2.24) is 0 Å². The highest BCUT2D eigenvalue weighted by Gasteiger charge is 2.17. The summed E-state index contributed by atoms with van der Waals surface area (Å²) in [4.78, 5) is 11.0. The van der Waals surface area contributed by atoms with Gasteiger partial charge in [0.1, 0.15) is 0 Å². The Kier molecular flexibility index (Phi) is 2.52. The second-order valence-electron chi connectivity index (χ2n) is 2.55. The molecule has 0 bridgehead atoms. The zero-order chi connectivity index (χ0) is 8.27. The monoisotopic (exact) mass is 156 g/mol. The van der Waals surface area contributed by atoms with E-state index >= 15 is 0 Å². The van der Waals surface area contributed by atoms with Gasteiger partial charge in [0, 0.05) is 0 Å². The molecule has 3 nitrogen and oxygen atoms in total. The fourth-order valence-corrected chi connectivity index (χ4v) is 1.07. The van der Waals surface area contributed by atoms with Crippen LogP contribution in [0, 0.1) is 0 Å². The topological polar surface area (TPSA) is 35.5 Å². The highest BCUT2D eigenvalue weighted by Crippen LogP contribution is 2.18. The van der Waals surface area contributed by atoms with Gasteiger partial charge in [-0.3, -0.25) is 0 Å². The van der Waals surface area contributed by atoms with E-state index in [1.807, 2.05) is 6.92 Å². The lowest BCUT2D eigenvalue weighted by Gasteiger charge is -2.16. The van der Waals surface area contributed by atoms with Crippen molar-refractivity contribution >= 4 is 5.97 Å². The molecule has 11 heavy (non-hydrogen) atoms. The summed E-state index contributed by atoms with van der Waals surface area (Å²) in [5, 5.41) is 0. The molecule has 0 aliphatic carbocycles. The standard InChI is InChI=1S/C8H12O3/c1-6-4-3-5-11-7(6)8(9)10-2/h3-5H2,1-2H3. The average molecular weight is 156 g/mol. The predicted octanol–water partition coefficient (Wildman–Crippen LogP) is 1.24. The molecule has 0 saturated heterocycles. The van der Waals surface area contributed by atoms with E-state index in [2.05, 4.69) is 4.74 Å². The van der Waals surface area contributed by atoms with Crippen molar-refractivity contribution in [3.05, 3.63) is 11.3 Å². The van der Waals surface area contributed by atoms with E-state index in [0.717, 1.165) is 18.4 Å². The van der Waals surface area contributed by atoms with Crippen molar-refractivity contribution in [2.75, 3.05) is 13.7 Å². The van der Waals surface area contributed by atoms with E-state index in [-0.39, 0.29) is 5.97 Å². The molecule has 1 rings (SSSR count). The highest BCUT2D eigenvalue weighted by atomic mass is 16.6. The molecule has 0 aromatic heterocycles. The van der Waals surface area contributed by atoms with Crippen LogP contribution in [0.2, 0.25) is 0 Å². The molecule has 1 aliphatic rings. The summed E-state index contributed by atoms with van der Waals surface area (Å²) in [6, 6.07) is 0. The van der Waals surface area contributed by atoms with Crippen molar-refractivity contribution in [3.8, 4) is 0 Å². The number of rotatable bonds is 1. The molecule has 1 aliphatic heterocycles. The number of carbonyl (C=O) groups is 1. The SMILES string of the molecule is COC(=O)C1=C(C)CCCO1. The van der Waals surface area contributed by atoms with Crippen LogP contribution in [0.3, 0.4) is 0 Å². The van der Waals surface area contributed by atoms with Crippen LogP contribution in [0.1, 0.15) is 19.8 Å². The van der Waals surface area contributed by atoms with E-state index < -0.39 is 0 Å². The van der Waals surface area contributed by atoms with Gasteiger partial charge in [-0.05, 0) is 25.3 Å². The third kappa shape index (κ3) is 1.73. The predicted molar refractivity (Wildman–Crippen MR) is 39.9 cm³/mol. The summed E-state index contributed by atoms with van der Waals surface area (Å²) < 4.78 is 9.69. The van der Waals surface area contributed by atoms with Gasteiger partial charge in [0.05, 0.1) is 13.7 Å². The zero-order valence-electron chi connectivity index (χ0n) is 6.85. The third-order valence-electron chi connectivity index (χ3n) is 1.70. The molecule has 0 atom stereocenters. The Balaban J connectivity index is 2.74. The van der Waals surface area contributed by atoms with Crippen molar-refractivity contribution in [1.29, 1.82) is 0 Å². The van der Waals surface area contributed by atoms with Gasteiger partial charge in [0.15, 0.2) is 0 Å². The lowest BCUT2D eigenvalue weighted by Crippen LogP contribution is -2.14. The maximum Gasteiger partial charge on any atom is 0.373 e. The minimum absolute atomic E-state index is 0.359. The van der Waals surface area contributed by atoms with Crippen LogP contribution in [0.4, 0.5) is 0 Å². The van der Waals surface area contributed by atoms with Gasteiger partial charge in [-0.1, -0.05) is 0 Å². The Morgan fingerprint density at radius 1 is 1.64 bits per heavy atom. The molecule has 0 amide bonds. The fraction of sp³-hybridized carbons (Fsp3) is 0.625. The summed E-state index contributed by atoms with van der Waals surface area (Å²) in [5.41, 5.74) is 0.989. The molecule has 0 radical (unpaired) electrons. The van der Waals surface area contributed by atoms with Gasteiger partial charge >= 0.3 is 5.97 Å². The Morgan fingerprint density at radius 2 is 2.36 bits per heavy atom. The Labute approximate surface area is 66.0 Å². The number of methoxy groups -OCH3 is 1. The van der Waals surface area contributed by atoms with Crippen molar-refractivity contribution < 1.29 is 14.3 Å². The summed E-state index contributed by atoms with van der Waals surface area (Å²) in [7, 11) is 1.36. The van der Waals surface area contributed by atoms with Gasteiger partial charge < -0.3 is 9.47 Å². The first kappa shape index (κ1) is 8.11. The second kappa shape index (κ2) is 3.42. The van der Waals surface area contributed by atoms with Crippen LogP contribution in [0.15, 0.2) is 11.3 Å². The number of hydrogen-bond acceptors (Lipinski definition) is 3. The van der Waals surface area contributed by atoms with E-state index in [1.54, 1.807) is 0 Å². The quantitative estimate of drug-likeness (QED) is 0.536. The van der Waals surface area contributed by atoms with Gasteiger partial charge in [0.2, 0.25) is 5.76 Å². The van der Waals surface area contributed by atoms with E-state index in [0.29, 0.717) is 12.4 Å². The minimum Gasteiger partial charge on any atom is -0.487 e. The molecule has 0 aromatic rings. The average Bonchev–Trinajstić information content (AvgIpc) is 2.04. The number of ether oxygens (including phenoxy) is 2. The second-order valence-corrected chi connectivity index (χ2v) is 2.55. The molecule has 0 aromatic carbocycles. The highest BCUT2D eigenvalue weighted by molar-refractivity contribution is 5.87. The van der Waals surface area contributed by atoms with Crippen molar-refractivity contribution in [3.63, 3.8) is 0 Å². The van der Waals surface area contributed by atoms with E-state index in [9.17, 15) is 4.79 Å². The smallest absolute Gasteiger partial charge is 0.373 e. The van der Waals surface area contributed by atoms with Crippen LogP contribution in [-0.2, 0) is 14.3 Å². The van der Waals surface area contributed by atoms with Gasteiger partial charge in [0.25, 0.3) is 0 Å². The molecule has 62 valence electrons. The van der Waals surface area contributed by atoms with Gasteiger partial charge in [-0.2, -0.15) is 0 Å². The van der Waals surface area contributed by atoms with Gasteiger partial charge in [-0.15, -0.1) is 0 Å². The van der Waals surface area contributed by atoms with Crippen LogP contribution >= 0.6 is 0 Å². The maximum absolute atomic E-state index is 11.0. The summed E-state index contributed by atoms with van der Waals surface area (Å²) in [6.07, 6.45) is 1.93. The summed E-state index contributed by atoms with van der Waals surface area (Å²) >= 11 is 0. The van der Waals surface area contributed by atoms with E-state index in [1.165, 1.54) is 7.11 Å². The zero-order valence-corrected chi connectivity index (χ0v) is 6.85. The van der Waals surface area contributed by atoms with Gasteiger partial charge in [-0.25, -0.2) is 4.79 Å². The number of hydrogen-bond donors (Lipinski definition) is 0. The van der Waals surface area contributed by atoms with Crippen LogP contribution in [-0.4, -0.2) is 19.7 Å². The molecule has 0 saturated carbocycles.